The number of ether oxygens (including phenoxy) is 2. The first-order valence-electron chi connectivity index (χ1n) is 11.5. The Morgan fingerprint density at radius 2 is 1.83 bits per heavy atom. The number of likely N-dealkylation sites (tertiary alicyclic amines) is 1. The van der Waals surface area contributed by atoms with Crippen molar-refractivity contribution in [2.45, 2.75) is 63.8 Å². The van der Waals surface area contributed by atoms with Crippen LogP contribution >= 0.6 is 0 Å². The molecule has 0 radical (unpaired) electrons. The topological polar surface area (TPSA) is 118 Å². The van der Waals surface area contributed by atoms with Gasteiger partial charge in [0.25, 0.3) is 0 Å². The third-order valence-electron chi connectivity index (χ3n) is 5.71. The van der Waals surface area contributed by atoms with Gasteiger partial charge in [0.2, 0.25) is 5.88 Å². The van der Waals surface area contributed by atoms with Crippen LogP contribution in [0.2, 0.25) is 0 Å². The molecule has 1 fully saturated rings. The molecule has 0 bridgehead atoms. The fourth-order valence-electron chi connectivity index (χ4n) is 3.87. The second-order valence-corrected chi connectivity index (χ2v) is 9.79. The van der Waals surface area contributed by atoms with Crippen LogP contribution in [0.1, 0.15) is 62.3 Å². The maximum atomic E-state index is 13.0. The number of aliphatic hydroxyl groups is 2. The molecule has 9 nitrogen and oxygen atoms in total. The van der Waals surface area contributed by atoms with Crippen molar-refractivity contribution in [3.05, 3.63) is 47.2 Å². The van der Waals surface area contributed by atoms with E-state index in [4.69, 9.17) is 9.47 Å². The quantitative estimate of drug-likeness (QED) is 0.603. The van der Waals surface area contributed by atoms with Gasteiger partial charge < -0.3 is 24.6 Å². The summed E-state index contributed by atoms with van der Waals surface area (Å²) < 4.78 is 49.7. The molecule has 1 aliphatic rings. The van der Waals surface area contributed by atoms with Crippen LogP contribution in [-0.4, -0.2) is 68.1 Å². The van der Waals surface area contributed by atoms with E-state index >= 15 is 0 Å². The molecule has 36 heavy (non-hydrogen) atoms. The van der Waals surface area contributed by atoms with E-state index < -0.39 is 42.4 Å². The SMILES string of the molecule is Cc1ncc(C(O)(CO)COc2cccc(C(F)(F)F)n2)c(C2CCN(C(=O)OC(C)(C)C)CC2)n1. The Morgan fingerprint density at radius 1 is 1.17 bits per heavy atom. The van der Waals surface area contributed by atoms with Crippen LogP contribution in [0.3, 0.4) is 0 Å². The van der Waals surface area contributed by atoms with E-state index in [-0.39, 0.29) is 17.4 Å². The average Bonchev–Trinajstić information content (AvgIpc) is 2.81. The first-order chi connectivity index (χ1) is 16.7. The van der Waals surface area contributed by atoms with Crippen molar-refractivity contribution in [2.75, 3.05) is 26.3 Å². The largest absolute Gasteiger partial charge is 0.474 e. The number of pyridine rings is 1. The van der Waals surface area contributed by atoms with E-state index in [1.807, 2.05) is 0 Å². The molecular formula is C24H31F3N4O5. The average molecular weight is 513 g/mol. The number of aryl methyl sites for hydroxylation is 1. The minimum atomic E-state index is -4.65. The molecule has 3 rings (SSSR count). The normalized spacial score (nSPS) is 17.0. The molecule has 0 aromatic carbocycles. The number of alkyl halides is 3. The van der Waals surface area contributed by atoms with Gasteiger partial charge in [0.1, 0.15) is 29.3 Å². The maximum Gasteiger partial charge on any atom is 0.433 e. The minimum Gasteiger partial charge on any atom is -0.474 e. The van der Waals surface area contributed by atoms with Crippen molar-refractivity contribution in [3.63, 3.8) is 0 Å². The highest BCUT2D eigenvalue weighted by Gasteiger charge is 2.38. The molecule has 0 saturated carbocycles. The number of nitrogens with zero attached hydrogens (tertiary/aromatic N) is 4. The number of hydrogen-bond acceptors (Lipinski definition) is 8. The smallest absolute Gasteiger partial charge is 0.433 e. The van der Waals surface area contributed by atoms with E-state index in [0.29, 0.717) is 37.4 Å². The fourth-order valence-corrected chi connectivity index (χ4v) is 3.87. The number of aliphatic hydroxyl groups excluding tert-OH is 1. The summed E-state index contributed by atoms with van der Waals surface area (Å²) in [5, 5.41) is 21.3. The minimum absolute atomic E-state index is 0.162. The van der Waals surface area contributed by atoms with Crippen LogP contribution in [0.5, 0.6) is 5.88 Å². The highest BCUT2D eigenvalue weighted by Crippen LogP contribution is 2.35. The lowest BCUT2D eigenvalue weighted by atomic mass is 9.85. The van der Waals surface area contributed by atoms with Crippen LogP contribution in [0, 0.1) is 6.92 Å². The number of hydrogen-bond donors (Lipinski definition) is 2. The van der Waals surface area contributed by atoms with E-state index in [2.05, 4.69) is 15.0 Å². The first-order valence-corrected chi connectivity index (χ1v) is 11.5. The Hall–Kier alpha value is -2.99. The zero-order chi connectivity index (χ0) is 26.7. The Bertz CT molecular complexity index is 1070. The lowest BCUT2D eigenvalue weighted by Crippen LogP contribution is -2.43. The molecule has 1 amide bonds. The summed E-state index contributed by atoms with van der Waals surface area (Å²) in [4.78, 5) is 26.1. The number of carbonyl (C=O) groups excluding carboxylic acids is 1. The van der Waals surface area contributed by atoms with Gasteiger partial charge in [0, 0.05) is 36.8 Å². The molecule has 1 saturated heterocycles. The van der Waals surface area contributed by atoms with Gasteiger partial charge in [-0.2, -0.15) is 13.2 Å². The third-order valence-corrected chi connectivity index (χ3v) is 5.71. The predicted octanol–water partition coefficient (Wildman–Crippen LogP) is 3.57. The molecule has 2 aromatic heterocycles. The maximum absolute atomic E-state index is 13.0. The van der Waals surface area contributed by atoms with E-state index in [9.17, 15) is 28.2 Å². The van der Waals surface area contributed by atoms with E-state index in [1.54, 1.807) is 32.6 Å². The van der Waals surface area contributed by atoms with Crippen molar-refractivity contribution < 1.29 is 37.7 Å². The van der Waals surface area contributed by atoms with Crippen LogP contribution < -0.4 is 4.74 Å². The number of rotatable bonds is 6. The molecular weight excluding hydrogens is 481 g/mol. The second-order valence-electron chi connectivity index (χ2n) is 9.79. The summed E-state index contributed by atoms with van der Waals surface area (Å²) in [6.07, 6.45) is -2.62. The molecule has 1 aliphatic heterocycles. The van der Waals surface area contributed by atoms with Crippen LogP contribution in [0.15, 0.2) is 24.4 Å². The highest BCUT2D eigenvalue weighted by molar-refractivity contribution is 5.68. The van der Waals surface area contributed by atoms with Crippen LogP contribution in [0.4, 0.5) is 18.0 Å². The molecule has 1 atom stereocenters. The summed E-state index contributed by atoms with van der Waals surface area (Å²) in [6, 6.07) is 3.18. The number of amides is 1. The Balaban J connectivity index is 1.78. The number of halogens is 3. The highest BCUT2D eigenvalue weighted by atomic mass is 19.4. The van der Waals surface area contributed by atoms with Gasteiger partial charge in [-0.15, -0.1) is 0 Å². The van der Waals surface area contributed by atoms with Crippen LogP contribution in [0.25, 0.3) is 0 Å². The Morgan fingerprint density at radius 3 is 2.42 bits per heavy atom. The van der Waals surface area contributed by atoms with Crippen molar-refractivity contribution in [3.8, 4) is 5.88 Å². The van der Waals surface area contributed by atoms with Crippen molar-refractivity contribution in [1.29, 1.82) is 0 Å². The first kappa shape index (κ1) is 27.6. The lowest BCUT2D eigenvalue weighted by Gasteiger charge is -2.35. The zero-order valence-electron chi connectivity index (χ0n) is 20.7. The summed E-state index contributed by atoms with van der Waals surface area (Å²) in [7, 11) is 0. The molecule has 0 spiro atoms. The predicted molar refractivity (Wildman–Crippen MR) is 122 cm³/mol. The standard InChI is InChI=1S/C24H31F3N4O5/c1-15-28-12-17(20(29-15)16-8-10-31(11-9-16)21(33)36-22(2,3)4)23(34,13-32)14-35-19-7-5-6-18(30-19)24(25,26)27/h5-7,12,16,32,34H,8-11,13-14H2,1-4H3. The summed E-state index contributed by atoms with van der Waals surface area (Å²) in [5.41, 5.74) is -3.05. The number of piperidine rings is 1. The molecule has 1 unspecified atom stereocenters. The van der Waals surface area contributed by atoms with Gasteiger partial charge in [0.05, 0.1) is 12.3 Å². The van der Waals surface area contributed by atoms with Gasteiger partial charge in [-0.05, 0) is 46.6 Å². The second kappa shape index (κ2) is 10.6. The summed E-state index contributed by atoms with van der Waals surface area (Å²) in [5.74, 6) is -0.0637. The molecule has 0 aliphatic carbocycles. The molecule has 2 aromatic rings. The third kappa shape index (κ3) is 6.82. The van der Waals surface area contributed by atoms with Gasteiger partial charge in [-0.3, -0.25) is 0 Å². The van der Waals surface area contributed by atoms with Gasteiger partial charge in [0.15, 0.2) is 0 Å². The number of aromatic nitrogens is 3. The zero-order valence-corrected chi connectivity index (χ0v) is 20.7. The fraction of sp³-hybridized carbons (Fsp3) is 0.583. The molecule has 3 heterocycles. The summed E-state index contributed by atoms with van der Waals surface area (Å²) >= 11 is 0. The molecule has 198 valence electrons. The van der Waals surface area contributed by atoms with Crippen molar-refractivity contribution in [2.24, 2.45) is 0 Å². The number of carbonyl (C=O) groups is 1. The van der Waals surface area contributed by atoms with E-state index in [0.717, 1.165) is 12.1 Å². The van der Waals surface area contributed by atoms with Crippen molar-refractivity contribution >= 4 is 6.09 Å². The van der Waals surface area contributed by atoms with Crippen molar-refractivity contribution in [1.82, 2.24) is 19.9 Å². The van der Waals surface area contributed by atoms with Gasteiger partial charge in [-0.25, -0.2) is 19.7 Å². The Labute approximate surface area is 207 Å². The summed E-state index contributed by atoms with van der Waals surface area (Å²) in [6.45, 7) is 6.51. The molecule has 12 heteroatoms. The monoisotopic (exact) mass is 512 g/mol. The van der Waals surface area contributed by atoms with Gasteiger partial charge >= 0.3 is 12.3 Å². The lowest BCUT2D eigenvalue weighted by molar-refractivity contribution is -0.141. The Kier molecular flexibility index (Phi) is 8.09. The molecule has 2 N–H and O–H groups in total. The van der Waals surface area contributed by atoms with Gasteiger partial charge in [-0.1, -0.05) is 6.07 Å². The van der Waals surface area contributed by atoms with Crippen LogP contribution in [-0.2, 0) is 16.5 Å². The van der Waals surface area contributed by atoms with E-state index in [1.165, 1.54) is 12.3 Å².